The summed E-state index contributed by atoms with van der Waals surface area (Å²) in [5, 5.41) is 5.00. The van der Waals surface area contributed by atoms with Crippen LogP contribution in [-0.2, 0) is 20.8 Å². The summed E-state index contributed by atoms with van der Waals surface area (Å²) in [6.07, 6.45) is 6.88. The van der Waals surface area contributed by atoms with Crippen LogP contribution in [0.15, 0.2) is 54.1 Å². The Hall–Kier alpha value is -2.80. The summed E-state index contributed by atoms with van der Waals surface area (Å²) in [6.45, 7) is 0. The summed E-state index contributed by atoms with van der Waals surface area (Å²) in [7, 11) is 0. The molecule has 2 aromatic rings. The van der Waals surface area contributed by atoms with Crippen molar-refractivity contribution in [2.24, 2.45) is 23.7 Å². The maximum atomic E-state index is 13.2. The third-order valence-electron chi connectivity index (χ3n) is 6.05. The number of imide groups is 1. The quantitative estimate of drug-likeness (QED) is 0.625. The predicted octanol–water partition coefficient (Wildman–Crippen LogP) is 2.50. The zero-order valence-electron chi connectivity index (χ0n) is 15.0. The molecule has 2 bridgehead atoms. The fraction of sp³-hybridized carbons (Fsp3) is 0.333. The van der Waals surface area contributed by atoms with E-state index in [0.717, 1.165) is 12.0 Å². The summed E-state index contributed by atoms with van der Waals surface area (Å²) in [4.78, 5) is 44.8. The van der Waals surface area contributed by atoms with Gasteiger partial charge < -0.3 is 5.32 Å². The van der Waals surface area contributed by atoms with Crippen LogP contribution in [0.5, 0.6) is 0 Å². The lowest BCUT2D eigenvalue weighted by atomic mass is 9.85. The highest BCUT2D eigenvalue weighted by Crippen LogP contribution is 2.53. The van der Waals surface area contributed by atoms with Crippen LogP contribution >= 0.6 is 11.3 Å². The van der Waals surface area contributed by atoms with E-state index in [0.29, 0.717) is 5.13 Å². The molecular formula is C21H19N3O3S. The Morgan fingerprint density at radius 2 is 1.82 bits per heavy atom. The summed E-state index contributed by atoms with van der Waals surface area (Å²) < 4.78 is 0. The number of allylic oxidation sites excluding steroid dienone is 2. The summed E-state index contributed by atoms with van der Waals surface area (Å²) in [5.74, 6) is -1.17. The van der Waals surface area contributed by atoms with Crippen LogP contribution in [0.2, 0.25) is 0 Å². The van der Waals surface area contributed by atoms with Gasteiger partial charge in [0, 0.05) is 18.0 Å². The molecule has 1 aromatic carbocycles. The molecule has 1 aliphatic heterocycles. The number of nitrogens with zero attached hydrogens (tertiary/aromatic N) is 2. The molecule has 5 rings (SSSR count). The fourth-order valence-electron chi connectivity index (χ4n) is 4.85. The number of carbonyl (C=O) groups is 3. The van der Waals surface area contributed by atoms with Crippen LogP contribution in [-0.4, -0.2) is 33.6 Å². The summed E-state index contributed by atoms with van der Waals surface area (Å²) in [5.41, 5.74) is 0.903. The molecule has 1 aromatic heterocycles. The van der Waals surface area contributed by atoms with Gasteiger partial charge in [0.05, 0.1) is 11.8 Å². The van der Waals surface area contributed by atoms with E-state index in [-0.39, 0.29) is 47.8 Å². The van der Waals surface area contributed by atoms with Gasteiger partial charge in [-0.1, -0.05) is 42.5 Å². The number of amides is 3. The van der Waals surface area contributed by atoms with E-state index in [1.54, 1.807) is 11.6 Å². The molecule has 3 amide bonds. The normalized spacial score (nSPS) is 28.6. The Morgan fingerprint density at radius 3 is 2.43 bits per heavy atom. The Bertz CT molecular complexity index is 927. The second kappa shape index (κ2) is 6.67. The summed E-state index contributed by atoms with van der Waals surface area (Å²) in [6, 6.07) is 8.60. The van der Waals surface area contributed by atoms with Crippen molar-refractivity contribution in [1.82, 2.24) is 9.88 Å². The molecule has 1 N–H and O–H groups in total. The zero-order valence-corrected chi connectivity index (χ0v) is 15.8. The number of thiazole rings is 1. The first-order valence-corrected chi connectivity index (χ1v) is 10.3. The predicted molar refractivity (Wildman–Crippen MR) is 104 cm³/mol. The molecule has 3 aliphatic rings. The summed E-state index contributed by atoms with van der Waals surface area (Å²) >= 11 is 1.31. The van der Waals surface area contributed by atoms with E-state index in [2.05, 4.69) is 22.5 Å². The van der Waals surface area contributed by atoms with Crippen molar-refractivity contribution in [2.75, 3.05) is 5.32 Å². The van der Waals surface area contributed by atoms with Crippen molar-refractivity contribution in [2.45, 2.75) is 18.9 Å². The van der Waals surface area contributed by atoms with Crippen LogP contribution in [0.1, 0.15) is 12.0 Å². The van der Waals surface area contributed by atoms with Crippen molar-refractivity contribution in [3.63, 3.8) is 0 Å². The number of hydrogen-bond acceptors (Lipinski definition) is 5. The van der Waals surface area contributed by atoms with E-state index < -0.39 is 6.04 Å². The Labute approximate surface area is 166 Å². The molecule has 142 valence electrons. The van der Waals surface area contributed by atoms with Crippen LogP contribution in [0.25, 0.3) is 0 Å². The van der Waals surface area contributed by atoms with Gasteiger partial charge in [0.1, 0.15) is 6.04 Å². The second-order valence-corrected chi connectivity index (χ2v) is 8.47. The van der Waals surface area contributed by atoms with Gasteiger partial charge in [-0.25, -0.2) is 4.98 Å². The topological polar surface area (TPSA) is 79.4 Å². The zero-order chi connectivity index (χ0) is 19.3. The van der Waals surface area contributed by atoms with Crippen molar-refractivity contribution in [1.29, 1.82) is 0 Å². The van der Waals surface area contributed by atoms with Gasteiger partial charge in [0.15, 0.2) is 5.13 Å². The fourth-order valence-corrected chi connectivity index (χ4v) is 5.38. The number of aromatic nitrogens is 1. The third-order valence-corrected chi connectivity index (χ3v) is 6.74. The molecule has 1 saturated carbocycles. The number of anilines is 1. The van der Waals surface area contributed by atoms with E-state index in [9.17, 15) is 14.4 Å². The third kappa shape index (κ3) is 2.69. The maximum absolute atomic E-state index is 13.2. The molecule has 6 nitrogen and oxygen atoms in total. The van der Waals surface area contributed by atoms with Gasteiger partial charge in [-0.15, -0.1) is 11.3 Å². The highest BCUT2D eigenvalue weighted by atomic mass is 32.1. The largest absolute Gasteiger partial charge is 0.300 e. The van der Waals surface area contributed by atoms with Crippen LogP contribution in [0, 0.1) is 23.7 Å². The van der Waals surface area contributed by atoms with E-state index in [1.807, 2.05) is 30.3 Å². The van der Waals surface area contributed by atoms with Crippen molar-refractivity contribution in [3.8, 4) is 0 Å². The minimum atomic E-state index is -0.878. The average Bonchev–Trinajstić information content (AvgIpc) is 3.47. The molecule has 2 heterocycles. The van der Waals surface area contributed by atoms with Crippen LogP contribution in [0.3, 0.4) is 0 Å². The number of benzene rings is 1. The lowest BCUT2D eigenvalue weighted by molar-refractivity contribution is -0.147. The molecule has 28 heavy (non-hydrogen) atoms. The number of carbonyl (C=O) groups excluding carboxylic acids is 3. The van der Waals surface area contributed by atoms with Gasteiger partial charge in [0.25, 0.3) is 0 Å². The highest BCUT2D eigenvalue weighted by molar-refractivity contribution is 7.13. The molecule has 7 heteroatoms. The number of fused-ring (bicyclic) bond motifs is 5. The first-order chi connectivity index (χ1) is 13.6. The van der Waals surface area contributed by atoms with E-state index >= 15 is 0 Å². The Balaban J connectivity index is 1.46. The molecule has 2 aliphatic carbocycles. The van der Waals surface area contributed by atoms with Gasteiger partial charge in [-0.05, 0) is 23.8 Å². The molecule has 5 atom stereocenters. The first kappa shape index (κ1) is 17.3. The minimum Gasteiger partial charge on any atom is -0.300 e. The van der Waals surface area contributed by atoms with Crippen molar-refractivity contribution >= 4 is 34.2 Å². The number of rotatable bonds is 5. The monoisotopic (exact) mass is 393 g/mol. The van der Waals surface area contributed by atoms with Crippen molar-refractivity contribution in [3.05, 3.63) is 59.6 Å². The number of nitrogens with one attached hydrogen (secondary N) is 1. The molecular weight excluding hydrogens is 374 g/mol. The Morgan fingerprint density at radius 1 is 1.14 bits per heavy atom. The average molecular weight is 393 g/mol. The molecule has 2 fully saturated rings. The highest BCUT2D eigenvalue weighted by Gasteiger charge is 2.61. The maximum Gasteiger partial charge on any atom is 0.249 e. The lowest BCUT2D eigenvalue weighted by Gasteiger charge is -2.26. The van der Waals surface area contributed by atoms with Crippen LogP contribution in [0.4, 0.5) is 5.13 Å². The van der Waals surface area contributed by atoms with Gasteiger partial charge >= 0.3 is 0 Å². The van der Waals surface area contributed by atoms with Gasteiger partial charge in [0.2, 0.25) is 17.7 Å². The van der Waals surface area contributed by atoms with Gasteiger partial charge in [-0.3, -0.25) is 19.3 Å². The second-order valence-electron chi connectivity index (χ2n) is 7.58. The van der Waals surface area contributed by atoms with Crippen molar-refractivity contribution < 1.29 is 14.4 Å². The number of likely N-dealkylation sites (tertiary alicyclic amines) is 1. The lowest BCUT2D eigenvalue weighted by Crippen LogP contribution is -2.49. The van der Waals surface area contributed by atoms with Gasteiger partial charge in [-0.2, -0.15) is 0 Å². The molecule has 0 spiro atoms. The SMILES string of the molecule is O=C(Nc1nccs1)[C@H](Cc1ccccc1)N1C(=O)[C@@H]2[C@@H](C1=O)[C@H]1C=C[C@H]2C1. The number of hydrogen-bond donors (Lipinski definition) is 1. The van der Waals surface area contributed by atoms with E-state index in [1.165, 1.54) is 16.2 Å². The molecule has 0 unspecified atom stereocenters. The molecule has 1 saturated heterocycles. The Kier molecular flexibility index (Phi) is 4.12. The molecule has 0 radical (unpaired) electrons. The minimum absolute atomic E-state index is 0.121. The smallest absolute Gasteiger partial charge is 0.249 e. The first-order valence-electron chi connectivity index (χ1n) is 9.43. The van der Waals surface area contributed by atoms with Crippen LogP contribution < -0.4 is 5.32 Å². The van der Waals surface area contributed by atoms with E-state index in [4.69, 9.17) is 0 Å². The standard InChI is InChI=1S/C21H19N3O3S/c25-18(23-21-22-8-9-28-21)15(10-12-4-2-1-3-5-12)24-19(26)16-13-6-7-14(11-13)17(16)20(24)27/h1-9,13-17H,10-11H2,(H,22,23,25)/t13-,14-,15-,16-,17-/m0/s1.